The van der Waals surface area contributed by atoms with Gasteiger partial charge in [0.1, 0.15) is 11.6 Å². The fraction of sp³-hybridized carbons (Fsp3) is 0.118. The first kappa shape index (κ1) is 13.5. The summed E-state index contributed by atoms with van der Waals surface area (Å²) in [5, 5.41) is 0.957. The lowest BCUT2D eigenvalue weighted by Gasteiger charge is -2.17. The van der Waals surface area contributed by atoms with Crippen LogP contribution < -0.4 is 10.5 Å². The van der Waals surface area contributed by atoms with Crippen molar-refractivity contribution in [3.05, 3.63) is 71.7 Å². The molecule has 1 aromatic heterocycles. The molecule has 106 valence electrons. The maximum absolute atomic E-state index is 13.6. The monoisotopic (exact) mass is 282 g/mol. The number of hydrogen-bond donors (Lipinski definition) is 1. The first-order chi connectivity index (χ1) is 10.2. The number of methoxy groups -OCH3 is 1. The Kier molecular flexibility index (Phi) is 3.54. The second-order valence-electron chi connectivity index (χ2n) is 4.78. The number of benzene rings is 2. The highest BCUT2D eigenvalue weighted by Gasteiger charge is 2.17. The number of fused-ring (bicyclic) bond motifs is 1. The van der Waals surface area contributed by atoms with E-state index in [1.807, 2.05) is 30.3 Å². The minimum absolute atomic E-state index is 0.334. The average Bonchev–Trinajstić information content (AvgIpc) is 2.53. The van der Waals surface area contributed by atoms with E-state index < -0.39 is 6.04 Å². The summed E-state index contributed by atoms with van der Waals surface area (Å²) in [6.45, 7) is 0. The minimum atomic E-state index is -0.483. The van der Waals surface area contributed by atoms with Gasteiger partial charge >= 0.3 is 0 Å². The minimum Gasteiger partial charge on any atom is -0.496 e. The van der Waals surface area contributed by atoms with Crippen molar-refractivity contribution in [2.45, 2.75) is 6.04 Å². The zero-order chi connectivity index (χ0) is 14.8. The summed E-state index contributed by atoms with van der Waals surface area (Å²) in [5.41, 5.74) is 8.73. The zero-order valence-electron chi connectivity index (χ0n) is 11.6. The SMILES string of the molecule is COc1ccc(F)cc1C(N)c1ccnc2ccccc12. The number of aromatic nitrogens is 1. The van der Waals surface area contributed by atoms with Gasteiger partial charge in [-0.25, -0.2) is 4.39 Å². The fourth-order valence-electron chi connectivity index (χ4n) is 2.50. The van der Waals surface area contributed by atoms with Crippen molar-refractivity contribution >= 4 is 10.9 Å². The molecule has 0 amide bonds. The summed E-state index contributed by atoms with van der Waals surface area (Å²) in [6, 6.07) is 13.5. The number of ether oxygens (including phenoxy) is 1. The summed E-state index contributed by atoms with van der Waals surface area (Å²) in [4.78, 5) is 4.32. The molecule has 21 heavy (non-hydrogen) atoms. The summed E-state index contributed by atoms with van der Waals surface area (Å²) in [5.74, 6) is 0.240. The lowest BCUT2D eigenvalue weighted by molar-refractivity contribution is 0.406. The van der Waals surface area contributed by atoms with Crippen LogP contribution in [0.5, 0.6) is 5.75 Å². The topological polar surface area (TPSA) is 48.1 Å². The standard InChI is InChI=1S/C17H15FN2O/c1-21-16-7-6-11(18)10-14(16)17(19)13-8-9-20-15-5-3-2-4-12(13)15/h2-10,17H,19H2,1H3. The molecule has 3 nitrogen and oxygen atoms in total. The van der Waals surface area contributed by atoms with Crippen LogP contribution in [0.3, 0.4) is 0 Å². The van der Waals surface area contributed by atoms with Gasteiger partial charge in [-0.05, 0) is 35.9 Å². The molecule has 4 heteroatoms. The molecule has 0 fully saturated rings. The van der Waals surface area contributed by atoms with Crippen molar-refractivity contribution < 1.29 is 9.13 Å². The molecule has 1 unspecified atom stereocenters. The van der Waals surface area contributed by atoms with Gasteiger partial charge in [-0.15, -0.1) is 0 Å². The molecule has 1 atom stereocenters. The molecule has 1 heterocycles. The van der Waals surface area contributed by atoms with Crippen LogP contribution in [0.15, 0.2) is 54.7 Å². The molecule has 3 aromatic rings. The van der Waals surface area contributed by atoms with Gasteiger partial charge in [0.05, 0.1) is 18.7 Å². The molecule has 0 saturated carbocycles. The zero-order valence-corrected chi connectivity index (χ0v) is 11.6. The van der Waals surface area contributed by atoms with Crippen molar-refractivity contribution in [1.29, 1.82) is 0 Å². The first-order valence-corrected chi connectivity index (χ1v) is 6.63. The molecule has 0 bridgehead atoms. The molecule has 0 saturated heterocycles. The molecular weight excluding hydrogens is 267 g/mol. The van der Waals surface area contributed by atoms with Crippen LogP contribution in [0.2, 0.25) is 0 Å². The van der Waals surface area contributed by atoms with Crippen molar-refractivity contribution in [3.8, 4) is 5.75 Å². The third-order valence-electron chi connectivity index (χ3n) is 3.54. The predicted octanol–water partition coefficient (Wildman–Crippen LogP) is 3.43. The highest BCUT2D eigenvalue weighted by atomic mass is 19.1. The third kappa shape index (κ3) is 2.45. The summed E-state index contributed by atoms with van der Waals surface area (Å²) in [6.07, 6.45) is 1.71. The van der Waals surface area contributed by atoms with Crippen LogP contribution in [0.25, 0.3) is 10.9 Å². The number of nitrogens with two attached hydrogens (primary N) is 1. The van der Waals surface area contributed by atoms with Gasteiger partial charge in [-0.3, -0.25) is 4.98 Å². The summed E-state index contributed by atoms with van der Waals surface area (Å²) < 4.78 is 18.8. The highest BCUT2D eigenvalue weighted by molar-refractivity contribution is 5.82. The molecule has 0 aliphatic heterocycles. The summed E-state index contributed by atoms with van der Waals surface area (Å²) >= 11 is 0. The quantitative estimate of drug-likeness (QED) is 0.800. The van der Waals surface area contributed by atoms with Crippen LogP contribution >= 0.6 is 0 Å². The lowest BCUT2D eigenvalue weighted by atomic mass is 9.96. The second-order valence-corrected chi connectivity index (χ2v) is 4.78. The predicted molar refractivity (Wildman–Crippen MR) is 80.7 cm³/mol. The Balaban J connectivity index is 2.17. The largest absolute Gasteiger partial charge is 0.496 e. The Morgan fingerprint density at radius 1 is 1.10 bits per heavy atom. The van der Waals surface area contributed by atoms with Crippen molar-refractivity contribution in [1.82, 2.24) is 4.98 Å². The third-order valence-corrected chi connectivity index (χ3v) is 3.54. The number of para-hydroxylation sites is 1. The van der Waals surface area contributed by atoms with Crippen LogP contribution in [0.1, 0.15) is 17.2 Å². The average molecular weight is 282 g/mol. The van der Waals surface area contributed by atoms with E-state index in [9.17, 15) is 4.39 Å². The van der Waals surface area contributed by atoms with Gasteiger partial charge in [0.15, 0.2) is 0 Å². The highest BCUT2D eigenvalue weighted by Crippen LogP contribution is 2.32. The Morgan fingerprint density at radius 2 is 1.90 bits per heavy atom. The van der Waals surface area contributed by atoms with E-state index in [4.69, 9.17) is 10.5 Å². The number of pyridine rings is 1. The smallest absolute Gasteiger partial charge is 0.124 e. The van der Waals surface area contributed by atoms with Crippen molar-refractivity contribution in [2.24, 2.45) is 5.73 Å². The second kappa shape index (κ2) is 5.50. The van der Waals surface area contributed by atoms with E-state index >= 15 is 0 Å². The maximum Gasteiger partial charge on any atom is 0.124 e. The van der Waals surface area contributed by atoms with E-state index in [0.29, 0.717) is 11.3 Å². The summed E-state index contributed by atoms with van der Waals surface area (Å²) in [7, 11) is 1.55. The van der Waals surface area contributed by atoms with E-state index in [1.165, 1.54) is 12.1 Å². The number of hydrogen-bond acceptors (Lipinski definition) is 3. The lowest BCUT2D eigenvalue weighted by Crippen LogP contribution is -2.14. The molecule has 2 aromatic carbocycles. The number of nitrogens with zero attached hydrogens (tertiary/aromatic N) is 1. The van der Waals surface area contributed by atoms with Gasteiger partial charge in [-0.1, -0.05) is 18.2 Å². The first-order valence-electron chi connectivity index (χ1n) is 6.63. The van der Waals surface area contributed by atoms with E-state index in [-0.39, 0.29) is 5.82 Å². The molecule has 2 N–H and O–H groups in total. The van der Waals surface area contributed by atoms with Gasteiger partial charge < -0.3 is 10.5 Å². The fourth-order valence-corrected chi connectivity index (χ4v) is 2.50. The Labute approximate surface area is 122 Å². The van der Waals surface area contributed by atoms with Gasteiger partial charge in [0, 0.05) is 17.1 Å². The normalized spacial score (nSPS) is 12.3. The number of rotatable bonds is 3. The van der Waals surface area contributed by atoms with Crippen LogP contribution in [0, 0.1) is 5.82 Å². The molecule has 3 rings (SSSR count). The molecular formula is C17H15FN2O. The van der Waals surface area contributed by atoms with Crippen LogP contribution in [-0.4, -0.2) is 12.1 Å². The van der Waals surface area contributed by atoms with Crippen LogP contribution in [-0.2, 0) is 0 Å². The molecule has 0 aliphatic rings. The van der Waals surface area contributed by atoms with Gasteiger partial charge in [0.2, 0.25) is 0 Å². The molecule has 0 aliphatic carbocycles. The van der Waals surface area contributed by atoms with Crippen molar-refractivity contribution in [3.63, 3.8) is 0 Å². The van der Waals surface area contributed by atoms with Gasteiger partial charge in [0.25, 0.3) is 0 Å². The Bertz CT molecular complexity index is 783. The van der Waals surface area contributed by atoms with E-state index in [1.54, 1.807) is 19.4 Å². The van der Waals surface area contributed by atoms with Crippen LogP contribution in [0.4, 0.5) is 4.39 Å². The number of halogens is 1. The maximum atomic E-state index is 13.6. The molecule has 0 spiro atoms. The Morgan fingerprint density at radius 3 is 2.71 bits per heavy atom. The van der Waals surface area contributed by atoms with E-state index in [0.717, 1.165) is 16.5 Å². The van der Waals surface area contributed by atoms with Gasteiger partial charge in [-0.2, -0.15) is 0 Å². The van der Waals surface area contributed by atoms with Crippen molar-refractivity contribution in [2.75, 3.05) is 7.11 Å². The Hall–Kier alpha value is -2.46. The van der Waals surface area contributed by atoms with E-state index in [2.05, 4.69) is 4.98 Å². The molecule has 0 radical (unpaired) electrons.